The number of aromatic nitrogens is 2. The van der Waals surface area contributed by atoms with Crippen LogP contribution in [-0.4, -0.2) is 9.97 Å². The van der Waals surface area contributed by atoms with Gasteiger partial charge in [0.25, 0.3) is 0 Å². The number of fused-ring (bicyclic) bond motifs is 1. The third kappa shape index (κ3) is 1.60. The summed E-state index contributed by atoms with van der Waals surface area (Å²) in [5.74, 6) is 0.437. The van der Waals surface area contributed by atoms with Crippen molar-refractivity contribution in [1.82, 2.24) is 9.97 Å². The van der Waals surface area contributed by atoms with Crippen molar-refractivity contribution >= 4 is 11.0 Å². The average Bonchev–Trinajstić information content (AvgIpc) is 2.16. The molecule has 2 rings (SSSR count). The summed E-state index contributed by atoms with van der Waals surface area (Å²) in [5, 5.41) is 0. The van der Waals surface area contributed by atoms with E-state index in [1.807, 2.05) is 12.3 Å². The van der Waals surface area contributed by atoms with E-state index in [-0.39, 0.29) is 0 Å². The second-order valence-electron chi connectivity index (χ2n) is 3.94. The Hall–Kier alpha value is -1.44. The highest BCUT2D eigenvalue weighted by atomic mass is 14.8. The van der Waals surface area contributed by atoms with Crippen LogP contribution >= 0.6 is 0 Å². The number of nitrogens with zero attached hydrogens (tertiary/aromatic N) is 2. The molecule has 1 aromatic carbocycles. The van der Waals surface area contributed by atoms with Crippen molar-refractivity contribution in [3.05, 3.63) is 35.7 Å². The molecule has 0 unspecified atom stereocenters. The lowest BCUT2D eigenvalue weighted by Gasteiger charge is -2.05. The zero-order valence-electron chi connectivity index (χ0n) is 8.78. The number of hydrogen-bond donors (Lipinski definition) is 0. The Bertz CT molecular complexity index is 461. The van der Waals surface area contributed by atoms with Crippen molar-refractivity contribution in [2.75, 3.05) is 0 Å². The fourth-order valence-corrected chi connectivity index (χ4v) is 1.41. The van der Waals surface area contributed by atoms with E-state index in [2.05, 4.69) is 42.9 Å². The molecule has 1 aromatic heterocycles. The Balaban J connectivity index is 2.63. The summed E-state index contributed by atoms with van der Waals surface area (Å²) in [6, 6.07) is 6.15. The van der Waals surface area contributed by atoms with E-state index < -0.39 is 0 Å². The minimum Gasteiger partial charge on any atom is -0.253 e. The molecule has 1 heterocycles. The zero-order valence-corrected chi connectivity index (χ0v) is 8.78. The maximum atomic E-state index is 4.57. The van der Waals surface area contributed by atoms with Crippen molar-refractivity contribution < 1.29 is 0 Å². The van der Waals surface area contributed by atoms with Crippen LogP contribution < -0.4 is 0 Å². The SMILES string of the molecule is Cc1ccc2ncc(C(C)C)nc2c1. The van der Waals surface area contributed by atoms with Crippen molar-refractivity contribution in [3.63, 3.8) is 0 Å². The van der Waals surface area contributed by atoms with Crippen molar-refractivity contribution in [1.29, 1.82) is 0 Å². The number of benzene rings is 1. The monoisotopic (exact) mass is 186 g/mol. The fourth-order valence-electron chi connectivity index (χ4n) is 1.41. The van der Waals surface area contributed by atoms with E-state index >= 15 is 0 Å². The van der Waals surface area contributed by atoms with E-state index in [0.717, 1.165) is 16.7 Å². The summed E-state index contributed by atoms with van der Waals surface area (Å²) in [4.78, 5) is 8.95. The van der Waals surface area contributed by atoms with E-state index in [4.69, 9.17) is 0 Å². The van der Waals surface area contributed by atoms with Gasteiger partial charge in [-0.1, -0.05) is 19.9 Å². The van der Waals surface area contributed by atoms with Gasteiger partial charge in [-0.3, -0.25) is 4.98 Å². The molecule has 0 bridgehead atoms. The molecule has 14 heavy (non-hydrogen) atoms. The van der Waals surface area contributed by atoms with E-state index in [9.17, 15) is 0 Å². The molecule has 0 saturated carbocycles. The first-order valence-electron chi connectivity index (χ1n) is 4.90. The second kappa shape index (κ2) is 3.37. The maximum Gasteiger partial charge on any atom is 0.0892 e. The van der Waals surface area contributed by atoms with Crippen LogP contribution in [0.15, 0.2) is 24.4 Å². The molecular formula is C12H14N2. The molecule has 0 N–H and O–H groups in total. The van der Waals surface area contributed by atoms with Crippen LogP contribution in [0.3, 0.4) is 0 Å². The predicted octanol–water partition coefficient (Wildman–Crippen LogP) is 3.06. The molecule has 0 aliphatic rings. The van der Waals surface area contributed by atoms with E-state index in [0.29, 0.717) is 5.92 Å². The third-order valence-corrected chi connectivity index (χ3v) is 2.31. The normalized spacial score (nSPS) is 11.1. The summed E-state index contributed by atoms with van der Waals surface area (Å²) < 4.78 is 0. The molecule has 2 aromatic rings. The molecule has 72 valence electrons. The Morgan fingerprint density at radius 2 is 1.93 bits per heavy atom. The topological polar surface area (TPSA) is 25.8 Å². The molecule has 0 amide bonds. The van der Waals surface area contributed by atoms with Crippen LogP contribution in [0.1, 0.15) is 31.0 Å². The first-order chi connectivity index (χ1) is 6.66. The smallest absolute Gasteiger partial charge is 0.0892 e. The van der Waals surface area contributed by atoms with Crippen LogP contribution in [0.2, 0.25) is 0 Å². The lowest BCUT2D eigenvalue weighted by molar-refractivity contribution is 0.822. The number of hydrogen-bond acceptors (Lipinski definition) is 2. The quantitative estimate of drug-likeness (QED) is 0.684. The highest BCUT2D eigenvalue weighted by molar-refractivity contribution is 5.74. The minimum atomic E-state index is 0.437. The van der Waals surface area contributed by atoms with Crippen molar-refractivity contribution in [3.8, 4) is 0 Å². The summed E-state index contributed by atoms with van der Waals surface area (Å²) >= 11 is 0. The summed E-state index contributed by atoms with van der Waals surface area (Å²) in [5.41, 5.74) is 4.26. The highest BCUT2D eigenvalue weighted by Gasteiger charge is 2.03. The Labute approximate surface area is 84.0 Å². The van der Waals surface area contributed by atoms with Crippen LogP contribution in [0, 0.1) is 6.92 Å². The number of aryl methyl sites for hydroxylation is 1. The molecule has 0 saturated heterocycles. The van der Waals surface area contributed by atoms with Gasteiger partial charge in [0.15, 0.2) is 0 Å². The van der Waals surface area contributed by atoms with Gasteiger partial charge in [0.05, 0.1) is 16.7 Å². The molecule has 0 spiro atoms. The molecule has 0 atom stereocenters. The molecule has 2 heteroatoms. The standard InChI is InChI=1S/C12H14N2/c1-8(2)12-7-13-10-5-4-9(3)6-11(10)14-12/h4-8H,1-3H3. The molecular weight excluding hydrogens is 172 g/mol. The molecule has 0 radical (unpaired) electrons. The number of rotatable bonds is 1. The fraction of sp³-hybridized carbons (Fsp3) is 0.333. The first-order valence-corrected chi connectivity index (χ1v) is 4.90. The molecule has 0 fully saturated rings. The lowest BCUT2D eigenvalue weighted by atomic mass is 10.1. The summed E-state index contributed by atoms with van der Waals surface area (Å²) in [6.45, 7) is 6.33. The van der Waals surface area contributed by atoms with Gasteiger partial charge in [-0.25, -0.2) is 4.98 Å². The van der Waals surface area contributed by atoms with Gasteiger partial charge >= 0.3 is 0 Å². The van der Waals surface area contributed by atoms with Gasteiger partial charge in [0.2, 0.25) is 0 Å². The summed E-state index contributed by atoms with van der Waals surface area (Å²) in [7, 11) is 0. The largest absolute Gasteiger partial charge is 0.253 e. The predicted molar refractivity (Wildman–Crippen MR) is 58.4 cm³/mol. The average molecular weight is 186 g/mol. The molecule has 0 aliphatic heterocycles. The molecule has 2 nitrogen and oxygen atoms in total. The van der Waals surface area contributed by atoms with Gasteiger partial charge in [0.1, 0.15) is 0 Å². The van der Waals surface area contributed by atoms with Crippen molar-refractivity contribution in [2.45, 2.75) is 26.7 Å². The Morgan fingerprint density at radius 3 is 2.64 bits per heavy atom. The van der Waals surface area contributed by atoms with Gasteiger partial charge in [-0.05, 0) is 30.5 Å². The van der Waals surface area contributed by atoms with Crippen LogP contribution in [0.5, 0.6) is 0 Å². The lowest BCUT2D eigenvalue weighted by Crippen LogP contribution is -1.95. The van der Waals surface area contributed by atoms with Gasteiger partial charge in [-0.2, -0.15) is 0 Å². The Kier molecular flexibility index (Phi) is 2.20. The van der Waals surface area contributed by atoms with Crippen LogP contribution in [-0.2, 0) is 0 Å². The third-order valence-electron chi connectivity index (χ3n) is 2.31. The minimum absolute atomic E-state index is 0.437. The summed E-state index contributed by atoms with van der Waals surface area (Å²) in [6.07, 6.45) is 1.86. The van der Waals surface area contributed by atoms with Gasteiger partial charge in [-0.15, -0.1) is 0 Å². The highest BCUT2D eigenvalue weighted by Crippen LogP contribution is 2.15. The maximum absolute atomic E-state index is 4.57. The van der Waals surface area contributed by atoms with E-state index in [1.54, 1.807) is 0 Å². The van der Waals surface area contributed by atoms with Gasteiger partial charge in [0, 0.05) is 6.20 Å². The van der Waals surface area contributed by atoms with E-state index in [1.165, 1.54) is 5.56 Å². The Morgan fingerprint density at radius 1 is 1.14 bits per heavy atom. The second-order valence-corrected chi connectivity index (χ2v) is 3.94. The van der Waals surface area contributed by atoms with Crippen LogP contribution in [0.25, 0.3) is 11.0 Å². The van der Waals surface area contributed by atoms with Gasteiger partial charge < -0.3 is 0 Å². The molecule has 0 aliphatic carbocycles. The first kappa shape index (κ1) is 9.13. The zero-order chi connectivity index (χ0) is 10.1. The van der Waals surface area contributed by atoms with Crippen LogP contribution in [0.4, 0.5) is 0 Å². The van der Waals surface area contributed by atoms with Crippen molar-refractivity contribution in [2.24, 2.45) is 0 Å².